The number of nitrogens with zero attached hydrogens (tertiary/aromatic N) is 2. The summed E-state index contributed by atoms with van der Waals surface area (Å²) in [6.45, 7) is 7.97. The van der Waals surface area contributed by atoms with Gasteiger partial charge >= 0.3 is 0 Å². The Bertz CT molecular complexity index is 667. The summed E-state index contributed by atoms with van der Waals surface area (Å²) in [5, 5.41) is 6.07. The van der Waals surface area contributed by atoms with Gasteiger partial charge in [0.2, 0.25) is 5.95 Å². The number of nitrogens with one attached hydrogen (secondary N) is 2. The van der Waals surface area contributed by atoms with Gasteiger partial charge in [0.15, 0.2) is 0 Å². The van der Waals surface area contributed by atoms with Gasteiger partial charge in [-0.1, -0.05) is 25.1 Å². The maximum absolute atomic E-state index is 12.0. The molecule has 0 aliphatic rings. The maximum atomic E-state index is 12.0. The monoisotopic (exact) mass is 298 g/mol. The first kappa shape index (κ1) is 15.9. The quantitative estimate of drug-likeness (QED) is 0.889. The van der Waals surface area contributed by atoms with Gasteiger partial charge in [-0.25, -0.2) is 9.97 Å². The summed E-state index contributed by atoms with van der Waals surface area (Å²) in [5.74, 6) is 0.237. The Balaban J connectivity index is 2.26. The predicted octanol–water partition coefficient (Wildman–Crippen LogP) is 3.23. The number of anilines is 2. The molecule has 22 heavy (non-hydrogen) atoms. The Morgan fingerprint density at radius 2 is 2.05 bits per heavy atom. The van der Waals surface area contributed by atoms with E-state index in [-0.39, 0.29) is 11.9 Å². The highest BCUT2D eigenvalue weighted by Crippen LogP contribution is 2.23. The van der Waals surface area contributed by atoms with E-state index in [9.17, 15) is 4.79 Å². The molecule has 0 atom stereocenters. The molecule has 0 aliphatic heterocycles. The van der Waals surface area contributed by atoms with E-state index in [0.29, 0.717) is 11.6 Å². The second kappa shape index (κ2) is 7.02. The summed E-state index contributed by atoms with van der Waals surface area (Å²) in [5.41, 5.74) is 3.69. The third-order valence-corrected chi connectivity index (χ3v) is 3.28. The van der Waals surface area contributed by atoms with Gasteiger partial charge in [0.1, 0.15) is 5.69 Å². The Hall–Kier alpha value is -2.43. The maximum Gasteiger partial charge on any atom is 0.270 e. The smallest absolute Gasteiger partial charge is 0.270 e. The van der Waals surface area contributed by atoms with Crippen molar-refractivity contribution in [3.05, 3.63) is 47.3 Å². The molecule has 0 fully saturated rings. The summed E-state index contributed by atoms with van der Waals surface area (Å²) < 4.78 is 0. The molecule has 1 heterocycles. The fraction of sp³-hybridized carbons (Fsp3) is 0.353. The number of rotatable bonds is 5. The molecular formula is C17H22N4O. The normalized spacial score (nSPS) is 10.6. The van der Waals surface area contributed by atoms with Crippen LogP contribution in [0.1, 0.15) is 42.4 Å². The average molecular weight is 298 g/mol. The van der Waals surface area contributed by atoms with Crippen molar-refractivity contribution >= 4 is 17.5 Å². The standard InChI is InChI=1S/C17H22N4O/c1-5-13-8-6-7-12(4)15(13)21-17-18-10-9-14(20-17)16(22)19-11(2)3/h6-11H,5H2,1-4H3,(H,19,22)(H,18,20,21). The molecule has 2 rings (SSSR count). The predicted molar refractivity (Wildman–Crippen MR) is 88.5 cm³/mol. The molecule has 1 aromatic carbocycles. The molecule has 0 unspecified atom stereocenters. The first-order valence-corrected chi connectivity index (χ1v) is 7.50. The van der Waals surface area contributed by atoms with Crippen molar-refractivity contribution in [1.82, 2.24) is 15.3 Å². The number of amides is 1. The van der Waals surface area contributed by atoms with Crippen molar-refractivity contribution in [2.24, 2.45) is 0 Å². The van der Waals surface area contributed by atoms with E-state index in [1.165, 1.54) is 5.56 Å². The van der Waals surface area contributed by atoms with Gasteiger partial charge in [-0.05, 0) is 44.4 Å². The number of aryl methyl sites for hydroxylation is 2. The Morgan fingerprint density at radius 3 is 2.73 bits per heavy atom. The molecule has 1 aromatic heterocycles. The zero-order chi connectivity index (χ0) is 16.1. The molecule has 1 amide bonds. The molecule has 0 saturated carbocycles. The minimum absolute atomic E-state index is 0.0712. The Labute approximate surface area is 131 Å². The molecule has 2 aromatic rings. The average Bonchev–Trinajstić information content (AvgIpc) is 2.49. The largest absolute Gasteiger partial charge is 0.349 e. The molecule has 0 saturated heterocycles. The van der Waals surface area contributed by atoms with Crippen LogP contribution in [0.5, 0.6) is 0 Å². The fourth-order valence-corrected chi connectivity index (χ4v) is 2.20. The minimum Gasteiger partial charge on any atom is -0.349 e. The van der Waals surface area contributed by atoms with E-state index in [4.69, 9.17) is 0 Å². The van der Waals surface area contributed by atoms with E-state index < -0.39 is 0 Å². The Kier molecular flexibility index (Phi) is 5.09. The van der Waals surface area contributed by atoms with E-state index >= 15 is 0 Å². The summed E-state index contributed by atoms with van der Waals surface area (Å²) in [6, 6.07) is 7.83. The van der Waals surface area contributed by atoms with Gasteiger partial charge in [0.25, 0.3) is 5.91 Å². The van der Waals surface area contributed by atoms with Crippen LogP contribution in [0.3, 0.4) is 0 Å². The molecule has 5 nitrogen and oxygen atoms in total. The number of para-hydroxylation sites is 1. The summed E-state index contributed by atoms with van der Waals surface area (Å²) >= 11 is 0. The lowest BCUT2D eigenvalue weighted by Gasteiger charge is -2.13. The first-order chi connectivity index (χ1) is 10.5. The molecule has 0 spiro atoms. The molecule has 116 valence electrons. The van der Waals surface area contributed by atoms with Crippen LogP contribution in [0.25, 0.3) is 0 Å². The van der Waals surface area contributed by atoms with Gasteiger partial charge in [0, 0.05) is 17.9 Å². The molecule has 2 N–H and O–H groups in total. The SMILES string of the molecule is CCc1cccc(C)c1Nc1nccc(C(=O)NC(C)C)n1. The lowest BCUT2D eigenvalue weighted by Crippen LogP contribution is -2.30. The number of aromatic nitrogens is 2. The van der Waals surface area contributed by atoms with Gasteiger partial charge in [-0.3, -0.25) is 4.79 Å². The number of hydrogen-bond acceptors (Lipinski definition) is 4. The highest BCUT2D eigenvalue weighted by molar-refractivity contribution is 5.92. The van der Waals surface area contributed by atoms with Crippen molar-refractivity contribution in [3.63, 3.8) is 0 Å². The third-order valence-electron chi connectivity index (χ3n) is 3.28. The molecule has 0 aliphatic carbocycles. The Morgan fingerprint density at radius 1 is 1.27 bits per heavy atom. The molecular weight excluding hydrogens is 276 g/mol. The van der Waals surface area contributed by atoms with E-state index in [1.807, 2.05) is 32.9 Å². The topological polar surface area (TPSA) is 66.9 Å². The highest BCUT2D eigenvalue weighted by atomic mass is 16.1. The number of carbonyl (C=O) groups is 1. The van der Waals surface area contributed by atoms with Crippen molar-refractivity contribution in [2.45, 2.75) is 40.2 Å². The summed E-state index contributed by atoms with van der Waals surface area (Å²) in [4.78, 5) is 20.5. The van der Waals surface area contributed by atoms with Crippen molar-refractivity contribution in [3.8, 4) is 0 Å². The molecule has 0 bridgehead atoms. The summed E-state index contributed by atoms with van der Waals surface area (Å²) in [6.07, 6.45) is 2.51. The number of carbonyl (C=O) groups excluding carboxylic acids is 1. The van der Waals surface area contributed by atoms with Crippen molar-refractivity contribution in [1.29, 1.82) is 0 Å². The second-order valence-corrected chi connectivity index (χ2v) is 5.48. The summed E-state index contributed by atoms with van der Waals surface area (Å²) in [7, 11) is 0. The lowest BCUT2D eigenvalue weighted by molar-refractivity contribution is 0.0938. The van der Waals surface area contributed by atoms with Crippen molar-refractivity contribution < 1.29 is 4.79 Å². The lowest BCUT2D eigenvalue weighted by atomic mass is 10.1. The van der Waals surface area contributed by atoms with Gasteiger partial charge in [0.05, 0.1) is 0 Å². The van der Waals surface area contributed by atoms with Crippen LogP contribution >= 0.6 is 0 Å². The first-order valence-electron chi connectivity index (χ1n) is 7.50. The van der Waals surface area contributed by atoms with Crippen LogP contribution in [0, 0.1) is 6.92 Å². The van der Waals surface area contributed by atoms with Crippen LogP contribution < -0.4 is 10.6 Å². The second-order valence-electron chi connectivity index (χ2n) is 5.48. The third kappa shape index (κ3) is 3.81. The fourth-order valence-electron chi connectivity index (χ4n) is 2.20. The van der Waals surface area contributed by atoms with Crippen LogP contribution in [-0.2, 0) is 6.42 Å². The minimum atomic E-state index is -0.194. The van der Waals surface area contributed by atoms with E-state index in [2.05, 4.69) is 33.6 Å². The highest BCUT2D eigenvalue weighted by Gasteiger charge is 2.11. The number of hydrogen-bond donors (Lipinski definition) is 2. The van der Waals surface area contributed by atoms with Gasteiger partial charge in [-0.15, -0.1) is 0 Å². The zero-order valence-corrected chi connectivity index (χ0v) is 13.5. The van der Waals surface area contributed by atoms with Crippen LogP contribution in [0.2, 0.25) is 0 Å². The van der Waals surface area contributed by atoms with Crippen LogP contribution in [-0.4, -0.2) is 21.9 Å². The molecule has 5 heteroatoms. The van der Waals surface area contributed by atoms with Crippen LogP contribution in [0.15, 0.2) is 30.5 Å². The molecule has 0 radical (unpaired) electrons. The zero-order valence-electron chi connectivity index (χ0n) is 13.5. The van der Waals surface area contributed by atoms with E-state index in [1.54, 1.807) is 12.3 Å². The van der Waals surface area contributed by atoms with Gasteiger partial charge < -0.3 is 10.6 Å². The van der Waals surface area contributed by atoms with E-state index in [0.717, 1.165) is 17.7 Å². The van der Waals surface area contributed by atoms with Crippen LogP contribution in [0.4, 0.5) is 11.6 Å². The van der Waals surface area contributed by atoms with Crippen molar-refractivity contribution in [2.75, 3.05) is 5.32 Å². The number of benzene rings is 1. The van der Waals surface area contributed by atoms with Gasteiger partial charge in [-0.2, -0.15) is 0 Å².